The van der Waals surface area contributed by atoms with Gasteiger partial charge in [-0.05, 0) is 18.2 Å². The third-order valence-electron chi connectivity index (χ3n) is 3.71. The zero-order valence-corrected chi connectivity index (χ0v) is 14.7. The van der Waals surface area contributed by atoms with Crippen molar-refractivity contribution in [1.29, 1.82) is 0 Å². The van der Waals surface area contributed by atoms with Gasteiger partial charge in [0.25, 0.3) is 0 Å². The molecule has 1 aromatic rings. The third kappa shape index (κ3) is 4.90. The lowest BCUT2D eigenvalue weighted by Crippen LogP contribution is -2.49. The Bertz CT molecular complexity index is 493. The molecule has 0 spiro atoms. The van der Waals surface area contributed by atoms with E-state index >= 15 is 0 Å². The summed E-state index contributed by atoms with van der Waals surface area (Å²) in [5, 5.41) is 0. The van der Waals surface area contributed by atoms with Gasteiger partial charge in [-0.15, -0.1) is 0 Å². The number of hydrogen-bond acceptors (Lipinski definition) is 5. The van der Waals surface area contributed by atoms with E-state index in [9.17, 15) is 4.79 Å². The number of aromatic nitrogens is 1. The first-order chi connectivity index (χ1) is 10.3. The van der Waals surface area contributed by atoms with Crippen LogP contribution in [0.1, 0.15) is 0 Å². The summed E-state index contributed by atoms with van der Waals surface area (Å²) in [5.74, 6) is 0.904. The predicted molar refractivity (Wildman–Crippen MR) is 91.9 cm³/mol. The van der Waals surface area contributed by atoms with Gasteiger partial charge < -0.3 is 20.3 Å². The molecule has 7 heteroatoms. The minimum Gasteiger partial charge on any atom is -0.450 e. The van der Waals surface area contributed by atoms with Crippen molar-refractivity contribution in [3.05, 3.63) is 18.3 Å². The molecule has 1 saturated heterocycles. The molecule has 6 nitrogen and oxygen atoms in total. The second-order valence-corrected chi connectivity index (χ2v) is 12.5. The van der Waals surface area contributed by atoms with Gasteiger partial charge in [0.05, 0.1) is 18.5 Å². The Morgan fingerprint density at radius 2 is 1.95 bits per heavy atom. The number of carbonyl (C=O) groups excluding carboxylic acids is 1. The fourth-order valence-corrected chi connectivity index (χ4v) is 2.95. The first-order valence-electron chi connectivity index (χ1n) is 7.73. The molecular weight excluding hydrogens is 296 g/mol. The number of anilines is 2. The van der Waals surface area contributed by atoms with Gasteiger partial charge in [0.1, 0.15) is 5.82 Å². The number of nitrogens with zero attached hydrogens (tertiary/aromatic N) is 3. The number of ether oxygens (including phenoxy) is 1. The number of nitrogens with two attached hydrogens (primary N) is 1. The average molecular weight is 322 g/mol. The van der Waals surface area contributed by atoms with Gasteiger partial charge in [0.2, 0.25) is 0 Å². The van der Waals surface area contributed by atoms with Crippen molar-refractivity contribution >= 4 is 25.7 Å². The van der Waals surface area contributed by atoms with Crippen LogP contribution >= 0.6 is 0 Å². The maximum Gasteiger partial charge on any atom is 0.409 e. The summed E-state index contributed by atoms with van der Waals surface area (Å²) in [4.78, 5) is 20.3. The largest absolute Gasteiger partial charge is 0.450 e. The van der Waals surface area contributed by atoms with Crippen LogP contribution in [0.3, 0.4) is 0 Å². The van der Waals surface area contributed by atoms with Crippen molar-refractivity contribution in [2.24, 2.45) is 0 Å². The van der Waals surface area contributed by atoms with E-state index in [4.69, 9.17) is 10.5 Å². The summed E-state index contributed by atoms with van der Waals surface area (Å²) < 4.78 is 5.39. The average Bonchev–Trinajstić information content (AvgIpc) is 2.47. The third-order valence-corrected chi connectivity index (χ3v) is 5.41. The molecule has 2 rings (SSSR count). The van der Waals surface area contributed by atoms with E-state index in [0.29, 0.717) is 25.4 Å². The molecule has 2 N–H and O–H groups in total. The summed E-state index contributed by atoms with van der Waals surface area (Å²) in [6.07, 6.45) is 1.47. The highest BCUT2D eigenvalue weighted by molar-refractivity contribution is 6.76. The molecule has 1 aliphatic rings. The van der Waals surface area contributed by atoms with Gasteiger partial charge in [-0.2, -0.15) is 0 Å². The van der Waals surface area contributed by atoms with Crippen molar-refractivity contribution in [3.8, 4) is 0 Å². The van der Waals surface area contributed by atoms with E-state index in [1.54, 1.807) is 11.1 Å². The zero-order chi connectivity index (χ0) is 16.2. The molecule has 1 fully saturated rings. The molecule has 22 heavy (non-hydrogen) atoms. The molecule has 1 aliphatic heterocycles. The lowest BCUT2D eigenvalue weighted by Gasteiger charge is -2.34. The van der Waals surface area contributed by atoms with E-state index < -0.39 is 8.07 Å². The Morgan fingerprint density at radius 1 is 1.27 bits per heavy atom. The van der Waals surface area contributed by atoms with Crippen molar-refractivity contribution in [2.45, 2.75) is 25.7 Å². The first kappa shape index (κ1) is 16.6. The van der Waals surface area contributed by atoms with Gasteiger partial charge in [0, 0.05) is 34.3 Å². The molecule has 122 valence electrons. The Hall–Kier alpha value is -1.76. The Morgan fingerprint density at radius 3 is 2.50 bits per heavy atom. The predicted octanol–water partition coefficient (Wildman–Crippen LogP) is 2.26. The summed E-state index contributed by atoms with van der Waals surface area (Å²) in [7, 11) is -1.16. The van der Waals surface area contributed by atoms with Crippen molar-refractivity contribution in [1.82, 2.24) is 9.88 Å². The fourth-order valence-electron chi connectivity index (χ4n) is 2.24. The summed E-state index contributed by atoms with van der Waals surface area (Å²) in [6.45, 7) is 10.2. The van der Waals surface area contributed by atoms with Gasteiger partial charge in [-0.25, -0.2) is 9.78 Å². The van der Waals surface area contributed by atoms with Gasteiger partial charge >= 0.3 is 6.09 Å². The molecule has 0 aromatic carbocycles. The van der Waals surface area contributed by atoms with Gasteiger partial charge in [-0.1, -0.05) is 19.6 Å². The van der Waals surface area contributed by atoms with E-state index in [2.05, 4.69) is 29.5 Å². The smallest absolute Gasteiger partial charge is 0.409 e. The molecule has 2 heterocycles. The van der Waals surface area contributed by atoms with Crippen LogP contribution < -0.4 is 10.6 Å². The van der Waals surface area contributed by atoms with Crippen LogP contribution in [0.25, 0.3) is 0 Å². The topological polar surface area (TPSA) is 71.7 Å². The van der Waals surface area contributed by atoms with E-state index in [1.165, 1.54) is 0 Å². The Balaban J connectivity index is 1.77. The number of amides is 1. The first-order valence-corrected chi connectivity index (χ1v) is 11.4. The van der Waals surface area contributed by atoms with Crippen LogP contribution in [0.4, 0.5) is 16.3 Å². The number of hydrogen-bond donors (Lipinski definition) is 1. The molecule has 0 atom stereocenters. The molecule has 0 radical (unpaired) electrons. The normalized spacial score (nSPS) is 15.8. The van der Waals surface area contributed by atoms with E-state index in [-0.39, 0.29) is 6.09 Å². The van der Waals surface area contributed by atoms with Gasteiger partial charge in [0.15, 0.2) is 0 Å². The molecular formula is C15H26N4O2Si. The van der Waals surface area contributed by atoms with Crippen LogP contribution in [0.15, 0.2) is 18.3 Å². The SMILES string of the molecule is C[Si](C)(C)CCOC(=O)N1CCN(c2ccc(N)cn2)CC1. The van der Waals surface area contributed by atoms with Crippen LogP contribution in [0.2, 0.25) is 25.7 Å². The van der Waals surface area contributed by atoms with E-state index in [0.717, 1.165) is 25.0 Å². The Kier molecular flexibility index (Phi) is 5.28. The number of rotatable bonds is 4. The summed E-state index contributed by atoms with van der Waals surface area (Å²) in [5.41, 5.74) is 6.31. The van der Waals surface area contributed by atoms with Crippen molar-refractivity contribution in [3.63, 3.8) is 0 Å². The minimum atomic E-state index is -1.16. The maximum atomic E-state index is 12.0. The van der Waals surface area contributed by atoms with Crippen LogP contribution in [0.5, 0.6) is 0 Å². The monoisotopic (exact) mass is 322 g/mol. The number of pyridine rings is 1. The van der Waals surface area contributed by atoms with Crippen LogP contribution in [-0.4, -0.2) is 56.8 Å². The quantitative estimate of drug-likeness (QED) is 0.861. The van der Waals surface area contributed by atoms with E-state index in [1.807, 2.05) is 12.1 Å². The molecule has 0 saturated carbocycles. The maximum absolute atomic E-state index is 12.0. The number of piperazine rings is 1. The van der Waals surface area contributed by atoms with Gasteiger partial charge in [-0.3, -0.25) is 0 Å². The van der Waals surface area contributed by atoms with Crippen molar-refractivity contribution in [2.75, 3.05) is 43.4 Å². The summed E-state index contributed by atoms with van der Waals surface area (Å²) in [6, 6.07) is 4.77. The lowest BCUT2D eigenvalue weighted by atomic mass is 10.3. The lowest BCUT2D eigenvalue weighted by molar-refractivity contribution is 0.105. The standard InChI is InChI=1S/C15H26N4O2Si/c1-22(2,3)11-10-21-15(20)19-8-6-18(7-9-19)14-5-4-13(16)12-17-14/h4-5,12H,6-11,16H2,1-3H3. The van der Waals surface area contributed by atoms with Crippen molar-refractivity contribution < 1.29 is 9.53 Å². The molecule has 0 aliphatic carbocycles. The Labute approximate surface area is 133 Å². The fraction of sp³-hybridized carbons (Fsp3) is 0.600. The molecule has 0 unspecified atom stereocenters. The number of carbonyl (C=O) groups is 1. The minimum absolute atomic E-state index is 0.192. The molecule has 1 amide bonds. The zero-order valence-electron chi connectivity index (χ0n) is 13.7. The number of nitrogen functional groups attached to an aromatic ring is 1. The molecule has 0 bridgehead atoms. The van der Waals surface area contributed by atoms with Crippen LogP contribution in [0, 0.1) is 0 Å². The highest BCUT2D eigenvalue weighted by atomic mass is 28.3. The second-order valence-electron chi connectivity index (χ2n) is 6.85. The highest BCUT2D eigenvalue weighted by Gasteiger charge is 2.23. The second kappa shape index (κ2) is 7.00. The highest BCUT2D eigenvalue weighted by Crippen LogP contribution is 2.15. The van der Waals surface area contributed by atoms with Crippen LogP contribution in [-0.2, 0) is 4.74 Å². The summed E-state index contributed by atoms with van der Waals surface area (Å²) >= 11 is 0. The molecule has 1 aromatic heterocycles.